The molecule has 3 heteroatoms. The van der Waals surface area contributed by atoms with Crippen LogP contribution >= 0.6 is 15.9 Å². The van der Waals surface area contributed by atoms with E-state index in [0.29, 0.717) is 0 Å². The van der Waals surface area contributed by atoms with Crippen LogP contribution in [0.1, 0.15) is 0 Å². The van der Waals surface area contributed by atoms with Crippen molar-refractivity contribution < 1.29 is 17.0 Å². The van der Waals surface area contributed by atoms with Crippen molar-refractivity contribution in [3.8, 4) is 0 Å². The fourth-order valence-corrected chi connectivity index (χ4v) is 5.60. The Hall–Kier alpha value is 1.48. The molecular weight excluding hydrogens is 287 g/mol. The van der Waals surface area contributed by atoms with Crippen molar-refractivity contribution in [3.63, 3.8) is 0 Å². The third kappa shape index (κ3) is 4.01. The summed E-state index contributed by atoms with van der Waals surface area (Å²) in [4.78, 5) is 0. The zero-order valence-electron chi connectivity index (χ0n) is 3.99. The van der Waals surface area contributed by atoms with Crippen molar-refractivity contribution in [1.29, 1.82) is 0 Å². The molecule has 0 amide bonds. The number of halogens is 2. The van der Waals surface area contributed by atoms with Gasteiger partial charge in [0.05, 0.1) is 0 Å². The molecule has 0 aromatic rings. The topological polar surface area (TPSA) is 0 Å². The van der Waals surface area contributed by atoms with Crippen LogP contribution in [0.15, 0.2) is 0 Å². The number of hydrogen-bond acceptors (Lipinski definition) is 0. The van der Waals surface area contributed by atoms with Crippen LogP contribution < -0.4 is 17.0 Å². The molecule has 0 atom stereocenters. The molecule has 0 unspecified atom stereocenters. The van der Waals surface area contributed by atoms with E-state index in [-0.39, 0.29) is 30.9 Å². The molecule has 0 aromatic carbocycles. The Morgan fingerprint density at radius 1 is 1.43 bits per heavy atom. The molecule has 0 aromatic heterocycles. The molecule has 7 heavy (non-hydrogen) atoms. The maximum absolute atomic E-state index is 3.42. The third-order valence-electron chi connectivity index (χ3n) is 0.859. The van der Waals surface area contributed by atoms with Gasteiger partial charge in [0.15, 0.2) is 0 Å². The Kier molecular flexibility index (Phi) is 5.29. The van der Waals surface area contributed by atoms with Crippen molar-refractivity contribution in [2.24, 2.45) is 0 Å². The molecule has 0 nitrogen and oxygen atoms in total. The zero-order valence-corrected chi connectivity index (χ0v) is 8.88. The van der Waals surface area contributed by atoms with Crippen LogP contribution in [0, 0.1) is 0 Å². The van der Waals surface area contributed by atoms with Crippen molar-refractivity contribution in [1.82, 2.24) is 0 Å². The van der Waals surface area contributed by atoms with Gasteiger partial charge in [-0.1, -0.05) is 0 Å². The fourth-order valence-electron chi connectivity index (χ4n) is 0.372. The van der Waals surface area contributed by atoms with E-state index in [4.69, 9.17) is 0 Å². The van der Waals surface area contributed by atoms with Gasteiger partial charge in [-0.15, -0.1) is 0 Å². The first kappa shape index (κ1) is 8.48. The summed E-state index contributed by atoms with van der Waals surface area (Å²) in [6.45, 7) is 0. The van der Waals surface area contributed by atoms with E-state index in [1.54, 1.807) is 10.6 Å². The smallest absolute Gasteiger partial charge is 1.00 e. The van der Waals surface area contributed by atoms with Crippen molar-refractivity contribution in [2.75, 3.05) is 5.33 Å². The molecular formula is C4H8Br2Se. The average molecular weight is 295 g/mol. The Morgan fingerprint density at radius 2 is 2.00 bits per heavy atom. The molecule has 44 valence electrons. The third-order valence-corrected chi connectivity index (χ3v) is 6.14. The molecule has 1 fully saturated rings. The van der Waals surface area contributed by atoms with E-state index >= 15 is 0 Å². The molecule has 0 N–H and O–H groups in total. The molecule has 0 radical (unpaired) electrons. The summed E-state index contributed by atoms with van der Waals surface area (Å²) in [6, 6.07) is 0. The molecule has 0 bridgehead atoms. The number of alkyl halides is 1. The Bertz CT molecular complexity index is 45.0. The fraction of sp³-hybridized carbons (Fsp3) is 1.00. The van der Waals surface area contributed by atoms with Gasteiger partial charge in [0, 0.05) is 0 Å². The van der Waals surface area contributed by atoms with E-state index < -0.39 is 0 Å². The summed E-state index contributed by atoms with van der Waals surface area (Å²) < 4.78 is 0. The van der Waals surface area contributed by atoms with E-state index in [1.807, 2.05) is 0 Å². The molecule has 0 saturated carbocycles. The first-order valence-electron chi connectivity index (χ1n) is 2.13. The number of rotatable bonds is 2. The molecule has 0 spiro atoms. The summed E-state index contributed by atoms with van der Waals surface area (Å²) in [7, 11) is 0. The minimum absolute atomic E-state index is 0. The summed E-state index contributed by atoms with van der Waals surface area (Å²) in [5.74, 6) is 0. The van der Waals surface area contributed by atoms with Gasteiger partial charge in [-0.25, -0.2) is 0 Å². The van der Waals surface area contributed by atoms with E-state index in [1.165, 1.54) is 10.6 Å². The largest absolute Gasteiger partial charge is 1.00 e. The van der Waals surface area contributed by atoms with Crippen molar-refractivity contribution >= 4 is 29.8 Å². The van der Waals surface area contributed by atoms with Crippen LogP contribution in [0.4, 0.5) is 0 Å². The summed E-state index contributed by atoms with van der Waals surface area (Å²) in [6.07, 6.45) is 0. The van der Waals surface area contributed by atoms with Gasteiger partial charge in [0.2, 0.25) is 0 Å². The molecule has 1 saturated heterocycles. The van der Waals surface area contributed by atoms with Gasteiger partial charge in [-0.2, -0.15) is 0 Å². The average Bonchev–Trinajstić information content (AvgIpc) is 2.21. The quantitative estimate of drug-likeness (QED) is 0.448. The Labute approximate surface area is 67.8 Å². The summed E-state index contributed by atoms with van der Waals surface area (Å²) >= 11 is 3.56. The van der Waals surface area contributed by atoms with Crippen LogP contribution in [0.3, 0.4) is 0 Å². The summed E-state index contributed by atoms with van der Waals surface area (Å²) in [5, 5.41) is 6.02. The molecule has 0 aliphatic carbocycles. The number of hydrogen-bond donors (Lipinski definition) is 0. The van der Waals surface area contributed by atoms with Gasteiger partial charge in [0.1, 0.15) is 0 Å². The van der Waals surface area contributed by atoms with Crippen LogP contribution in [0.25, 0.3) is 0 Å². The minimum Gasteiger partial charge on any atom is -1.00 e. The SMILES string of the molecule is BrCC[Se+]1CC1.[Br-]. The van der Waals surface area contributed by atoms with E-state index in [2.05, 4.69) is 15.9 Å². The standard InChI is InChI=1S/C4H8BrSe.BrH/c5-1-2-6-3-4-6;/h1-4H2;1H/q+1;/p-1. The van der Waals surface area contributed by atoms with Gasteiger partial charge in [-0.3, -0.25) is 0 Å². The maximum atomic E-state index is 3.42. The normalized spacial score (nSPS) is 18.4. The maximum Gasteiger partial charge on any atom is -1.00 e. The van der Waals surface area contributed by atoms with Crippen LogP contribution in [-0.2, 0) is 0 Å². The minimum atomic E-state index is 0. The molecule has 1 aliphatic heterocycles. The van der Waals surface area contributed by atoms with Crippen molar-refractivity contribution in [3.05, 3.63) is 0 Å². The second-order valence-corrected chi connectivity index (χ2v) is 7.35. The Morgan fingerprint density at radius 3 is 2.14 bits per heavy atom. The molecule has 1 aliphatic rings. The van der Waals surface area contributed by atoms with Gasteiger partial charge in [-0.05, 0) is 0 Å². The van der Waals surface area contributed by atoms with Crippen LogP contribution in [0.5, 0.6) is 0 Å². The van der Waals surface area contributed by atoms with Gasteiger partial charge >= 0.3 is 51.1 Å². The Balaban J connectivity index is 0.000000360. The summed E-state index contributed by atoms with van der Waals surface area (Å²) in [5.41, 5.74) is 0. The van der Waals surface area contributed by atoms with Crippen LogP contribution in [0.2, 0.25) is 16.0 Å². The second kappa shape index (κ2) is 4.37. The predicted octanol–water partition coefficient (Wildman–Crippen LogP) is -1.11. The second-order valence-electron chi connectivity index (χ2n) is 1.41. The zero-order chi connectivity index (χ0) is 4.41. The van der Waals surface area contributed by atoms with Gasteiger partial charge in [0.25, 0.3) is 0 Å². The predicted molar refractivity (Wildman–Crippen MR) is 34.0 cm³/mol. The van der Waals surface area contributed by atoms with Crippen molar-refractivity contribution in [2.45, 2.75) is 16.0 Å². The monoisotopic (exact) mass is 294 g/mol. The van der Waals surface area contributed by atoms with Gasteiger partial charge < -0.3 is 17.0 Å². The van der Waals surface area contributed by atoms with E-state index in [0.717, 1.165) is 0 Å². The first-order valence-corrected chi connectivity index (χ1v) is 6.89. The molecule has 1 rings (SSSR count). The molecule has 1 heterocycles. The van der Waals surface area contributed by atoms with Crippen LogP contribution in [-0.4, -0.2) is 19.2 Å². The first-order chi connectivity index (χ1) is 2.93. The van der Waals surface area contributed by atoms with E-state index in [9.17, 15) is 0 Å².